The molecule has 0 unspecified atom stereocenters. The summed E-state index contributed by atoms with van der Waals surface area (Å²) >= 11 is 3.43. The Morgan fingerprint density at radius 1 is 1.09 bits per heavy atom. The summed E-state index contributed by atoms with van der Waals surface area (Å²) in [7, 11) is 0. The predicted octanol–water partition coefficient (Wildman–Crippen LogP) is 4.02. The molecule has 0 aromatic heterocycles. The zero-order valence-corrected chi connectivity index (χ0v) is 13.8. The number of hydrogen-bond acceptors (Lipinski definition) is 2. The first-order valence-electron chi connectivity index (χ1n) is 7.45. The molecule has 0 atom stereocenters. The molecule has 1 saturated carbocycles. The van der Waals surface area contributed by atoms with Crippen molar-refractivity contribution >= 4 is 21.8 Å². The Morgan fingerprint density at radius 2 is 1.77 bits per heavy atom. The standard InChI is InChI=1S/C18H18BrNO2/c19-16-8-4-5-9-17(16)22-13-18(21)20(15-10-11-15)12-14-6-2-1-3-7-14/h1-9,15H,10-13H2. The molecule has 0 N–H and O–H groups in total. The van der Waals surface area contributed by atoms with Crippen molar-refractivity contribution in [3.63, 3.8) is 0 Å². The Balaban J connectivity index is 1.62. The van der Waals surface area contributed by atoms with Crippen molar-refractivity contribution < 1.29 is 9.53 Å². The van der Waals surface area contributed by atoms with E-state index in [1.807, 2.05) is 47.4 Å². The van der Waals surface area contributed by atoms with Crippen LogP contribution >= 0.6 is 15.9 Å². The average molecular weight is 360 g/mol. The van der Waals surface area contributed by atoms with Crippen molar-refractivity contribution in [3.05, 3.63) is 64.6 Å². The second kappa shape index (κ2) is 6.97. The third kappa shape index (κ3) is 3.89. The Kier molecular flexibility index (Phi) is 4.78. The summed E-state index contributed by atoms with van der Waals surface area (Å²) in [6, 6.07) is 18.1. The molecule has 0 saturated heterocycles. The van der Waals surface area contributed by atoms with Gasteiger partial charge in [-0.1, -0.05) is 42.5 Å². The lowest BCUT2D eigenvalue weighted by Gasteiger charge is -2.22. The lowest BCUT2D eigenvalue weighted by molar-refractivity contribution is -0.134. The van der Waals surface area contributed by atoms with Gasteiger partial charge < -0.3 is 9.64 Å². The summed E-state index contributed by atoms with van der Waals surface area (Å²) in [6.07, 6.45) is 2.18. The maximum Gasteiger partial charge on any atom is 0.261 e. The van der Waals surface area contributed by atoms with Crippen LogP contribution < -0.4 is 4.74 Å². The van der Waals surface area contributed by atoms with Gasteiger partial charge in [-0.15, -0.1) is 0 Å². The van der Waals surface area contributed by atoms with Crippen LogP contribution in [0, 0.1) is 0 Å². The maximum atomic E-state index is 12.5. The quantitative estimate of drug-likeness (QED) is 0.779. The number of hydrogen-bond donors (Lipinski definition) is 0. The molecule has 2 aromatic rings. The number of halogens is 1. The fraction of sp³-hybridized carbons (Fsp3) is 0.278. The zero-order chi connectivity index (χ0) is 15.4. The third-order valence-corrected chi connectivity index (χ3v) is 4.35. The van der Waals surface area contributed by atoms with Gasteiger partial charge in [-0.3, -0.25) is 4.79 Å². The van der Waals surface area contributed by atoms with Crippen LogP contribution in [0.1, 0.15) is 18.4 Å². The SMILES string of the molecule is O=C(COc1ccccc1Br)N(Cc1ccccc1)C1CC1. The number of benzene rings is 2. The van der Waals surface area contributed by atoms with E-state index in [1.54, 1.807) is 0 Å². The second-order valence-corrected chi connectivity index (χ2v) is 6.31. The minimum Gasteiger partial charge on any atom is -0.483 e. The largest absolute Gasteiger partial charge is 0.483 e. The van der Waals surface area contributed by atoms with Crippen LogP contribution in [0.2, 0.25) is 0 Å². The lowest BCUT2D eigenvalue weighted by Crippen LogP contribution is -2.36. The van der Waals surface area contributed by atoms with Gasteiger partial charge in [0.05, 0.1) is 4.47 Å². The first-order chi connectivity index (χ1) is 10.7. The van der Waals surface area contributed by atoms with Crippen LogP contribution in [0.15, 0.2) is 59.1 Å². The van der Waals surface area contributed by atoms with Crippen LogP contribution in [0.3, 0.4) is 0 Å². The van der Waals surface area contributed by atoms with Crippen LogP contribution in [0.25, 0.3) is 0 Å². The van der Waals surface area contributed by atoms with E-state index >= 15 is 0 Å². The highest BCUT2D eigenvalue weighted by molar-refractivity contribution is 9.10. The Hall–Kier alpha value is -1.81. The highest BCUT2D eigenvalue weighted by Crippen LogP contribution is 2.29. The van der Waals surface area contributed by atoms with Crippen molar-refractivity contribution in [2.75, 3.05) is 6.61 Å². The summed E-state index contributed by atoms with van der Waals surface area (Å²) in [5.74, 6) is 0.744. The molecule has 3 rings (SSSR count). The molecule has 1 amide bonds. The molecular formula is C18H18BrNO2. The van der Waals surface area contributed by atoms with Gasteiger partial charge in [0.25, 0.3) is 5.91 Å². The molecule has 22 heavy (non-hydrogen) atoms. The van der Waals surface area contributed by atoms with Gasteiger partial charge in [-0.25, -0.2) is 0 Å². The third-order valence-electron chi connectivity index (χ3n) is 3.69. The number of para-hydroxylation sites is 1. The topological polar surface area (TPSA) is 29.5 Å². The summed E-state index contributed by atoms with van der Waals surface area (Å²) in [5, 5.41) is 0. The average Bonchev–Trinajstić information content (AvgIpc) is 3.37. The maximum absolute atomic E-state index is 12.5. The predicted molar refractivity (Wildman–Crippen MR) is 89.7 cm³/mol. The summed E-state index contributed by atoms with van der Waals surface area (Å²) in [6.45, 7) is 0.732. The Labute approximate surface area is 139 Å². The number of carbonyl (C=O) groups excluding carboxylic acids is 1. The minimum atomic E-state index is 0.0436. The van der Waals surface area contributed by atoms with E-state index in [4.69, 9.17) is 4.74 Å². The highest BCUT2D eigenvalue weighted by atomic mass is 79.9. The van der Waals surface area contributed by atoms with Crippen LogP contribution in [0.4, 0.5) is 0 Å². The van der Waals surface area contributed by atoms with Crippen molar-refractivity contribution in [2.45, 2.75) is 25.4 Å². The molecule has 1 aliphatic carbocycles. The van der Waals surface area contributed by atoms with Gasteiger partial charge in [0, 0.05) is 12.6 Å². The normalized spacial score (nSPS) is 13.7. The van der Waals surface area contributed by atoms with Crippen LogP contribution in [0.5, 0.6) is 5.75 Å². The molecule has 2 aromatic carbocycles. The van der Waals surface area contributed by atoms with E-state index < -0.39 is 0 Å². The molecular weight excluding hydrogens is 342 g/mol. The van der Waals surface area contributed by atoms with E-state index in [1.165, 1.54) is 0 Å². The monoisotopic (exact) mass is 359 g/mol. The first-order valence-corrected chi connectivity index (χ1v) is 8.24. The van der Waals surface area contributed by atoms with Gasteiger partial charge in [-0.05, 0) is 46.5 Å². The lowest BCUT2D eigenvalue weighted by atomic mass is 10.2. The van der Waals surface area contributed by atoms with E-state index in [-0.39, 0.29) is 12.5 Å². The van der Waals surface area contributed by atoms with Crippen molar-refractivity contribution in [1.82, 2.24) is 4.90 Å². The van der Waals surface area contributed by atoms with Gasteiger partial charge in [-0.2, -0.15) is 0 Å². The summed E-state index contributed by atoms with van der Waals surface area (Å²) in [5.41, 5.74) is 1.16. The van der Waals surface area contributed by atoms with Gasteiger partial charge >= 0.3 is 0 Å². The molecule has 0 heterocycles. The van der Waals surface area contributed by atoms with Gasteiger partial charge in [0.2, 0.25) is 0 Å². The fourth-order valence-corrected chi connectivity index (χ4v) is 2.77. The van der Waals surface area contributed by atoms with Crippen molar-refractivity contribution in [3.8, 4) is 5.75 Å². The number of ether oxygens (including phenoxy) is 1. The van der Waals surface area contributed by atoms with Gasteiger partial charge in [0.15, 0.2) is 6.61 Å². The molecule has 1 aliphatic rings. The van der Waals surface area contributed by atoms with Crippen LogP contribution in [-0.2, 0) is 11.3 Å². The number of amides is 1. The molecule has 114 valence electrons. The molecule has 0 bridgehead atoms. The smallest absolute Gasteiger partial charge is 0.261 e. The molecule has 0 aliphatic heterocycles. The highest BCUT2D eigenvalue weighted by Gasteiger charge is 2.32. The van der Waals surface area contributed by atoms with E-state index in [0.29, 0.717) is 18.3 Å². The van der Waals surface area contributed by atoms with E-state index in [0.717, 1.165) is 22.9 Å². The van der Waals surface area contributed by atoms with Crippen molar-refractivity contribution in [2.24, 2.45) is 0 Å². The molecule has 3 nitrogen and oxygen atoms in total. The minimum absolute atomic E-state index is 0.0436. The summed E-state index contributed by atoms with van der Waals surface area (Å²) in [4.78, 5) is 14.4. The Morgan fingerprint density at radius 3 is 2.45 bits per heavy atom. The Bertz CT molecular complexity index is 641. The fourth-order valence-electron chi connectivity index (χ4n) is 2.37. The number of nitrogens with zero attached hydrogens (tertiary/aromatic N) is 1. The van der Waals surface area contributed by atoms with Gasteiger partial charge in [0.1, 0.15) is 5.75 Å². The summed E-state index contributed by atoms with van der Waals surface area (Å²) < 4.78 is 6.52. The molecule has 0 radical (unpaired) electrons. The molecule has 1 fully saturated rings. The zero-order valence-electron chi connectivity index (χ0n) is 12.2. The van der Waals surface area contributed by atoms with E-state index in [9.17, 15) is 4.79 Å². The van der Waals surface area contributed by atoms with Crippen LogP contribution in [-0.4, -0.2) is 23.5 Å². The molecule has 0 spiro atoms. The first kappa shape index (κ1) is 15.1. The number of rotatable bonds is 6. The number of carbonyl (C=O) groups is 1. The molecule has 4 heteroatoms. The van der Waals surface area contributed by atoms with E-state index in [2.05, 4.69) is 28.1 Å². The second-order valence-electron chi connectivity index (χ2n) is 5.46. The van der Waals surface area contributed by atoms with Crippen molar-refractivity contribution in [1.29, 1.82) is 0 Å².